The molecule has 8 heteroatoms. The number of carbonyl (C=O) groups is 1. The smallest absolute Gasteiger partial charge is 0.397 e. The lowest BCUT2D eigenvalue weighted by atomic mass is 10.1. The van der Waals surface area contributed by atoms with Crippen LogP contribution in [-0.2, 0) is 6.18 Å². The molecular formula is C12H9ClF3N3O. The van der Waals surface area contributed by atoms with Crippen molar-refractivity contribution in [2.24, 2.45) is 0 Å². The third kappa shape index (κ3) is 2.88. The van der Waals surface area contributed by atoms with Crippen LogP contribution in [0.5, 0.6) is 0 Å². The summed E-state index contributed by atoms with van der Waals surface area (Å²) in [6.45, 7) is 0. The molecule has 0 spiro atoms. The lowest BCUT2D eigenvalue weighted by Crippen LogP contribution is -2.17. The lowest BCUT2D eigenvalue weighted by molar-refractivity contribution is -0.136. The average molecular weight is 304 g/mol. The highest BCUT2D eigenvalue weighted by molar-refractivity contribution is 6.34. The van der Waals surface area contributed by atoms with E-state index in [1.807, 2.05) is 0 Å². The Kier molecular flexibility index (Phi) is 3.63. The number of amides is 1. The fourth-order valence-corrected chi connectivity index (χ4v) is 1.83. The Balaban J connectivity index is 2.36. The minimum atomic E-state index is -4.62. The minimum Gasteiger partial charge on any atom is -0.397 e. The number of para-hydroxylation sites is 1. The highest BCUT2D eigenvalue weighted by atomic mass is 35.5. The van der Waals surface area contributed by atoms with Gasteiger partial charge in [0.1, 0.15) is 5.69 Å². The Morgan fingerprint density at radius 1 is 1.35 bits per heavy atom. The molecule has 1 aromatic carbocycles. The van der Waals surface area contributed by atoms with Gasteiger partial charge >= 0.3 is 6.18 Å². The molecule has 0 unspecified atom stereocenters. The number of aromatic nitrogens is 1. The van der Waals surface area contributed by atoms with Crippen molar-refractivity contribution in [3.05, 3.63) is 46.7 Å². The number of rotatable bonds is 2. The highest BCUT2D eigenvalue weighted by Gasteiger charge is 2.34. The van der Waals surface area contributed by atoms with Crippen molar-refractivity contribution < 1.29 is 18.0 Å². The third-order valence-electron chi connectivity index (χ3n) is 2.51. The number of nitrogens with one attached hydrogen (secondary N) is 2. The first-order valence-electron chi connectivity index (χ1n) is 5.40. The lowest BCUT2D eigenvalue weighted by Gasteiger charge is -2.14. The van der Waals surface area contributed by atoms with Gasteiger partial charge in [-0.25, -0.2) is 0 Å². The number of hydrogen-bond donors (Lipinski definition) is 3. The Morgan fingerprint density at radius 3 is 2.60 bits per heavy atom. The van der Waals surface area contributed by atoms with Crippen LogP contribution in [0.2, 0.25) is 5.02 Å². The van der Waals surface area contributed by atoms with Crippen LogP contribution in [0, 0.1) is 0 Å². The number of H-pyrrole nitrogens is 1. The van der Waals surface area contributed by atoms with Crippen molar-refractivity contribution in [3.63, 3.8) is 0 Å². The van der Waals surface area contributed by atoms with Gasteiger partial charge < -0.3 is 16.0 Å². The van der Waals surface area contributed by atoms with Crippen LogP contribution < -0.4 is 11.1 Å². The number of alkyl halides is 3. The molecule has 0 saturated heterocycles. The Hall–Kier alpha value is -2.15. The molecule has 2 aromatic rings. The van der Waals surface area contributed by atoms with Crippen LogP contribution in [0.3, 0.4) is 0 Å². The van der Waals surface area contributed by atoms with Gasteiger partial charge in [-0.05, 0) is 18.2 Å². The maximum atomic E-state index is 12.8. The standard InChI is InChI=1S/C12H9ClF3N3O/c13-8-3-1-2-7(12(14,15)16)10(8)19-11(20)9-4-6(17)5-18-9/h1-5,18H,17H2,(H,19,20). The van der Waals surface area contributed by atoms with Gasteiger partial charge in [0.05, 0.1) is 16.3 Å². The topological polar surface area (TPSA) is 70.9 Å². The summed E-state index contributed by atoms with van der Waals surface area (Å²) in [5.41, 5.74) is 4.25. The summed E-state index contributed by atoms with van der Waals surface area (Å²) in [6, 6.07) is 4.56. The number of carbonyl (C=O) groups excluding carboxylic acids is 1. The fourth-order valence-electron chi connectivity index (χ4n) is 1.61. The van der Waals surface area contributed by atoms with Gasteiger partial charge in [-0.1, -0.05) is 17.7 Å². The maximum absolute atomic E-state index is 12.8. The van der Waals surface area contributed by atoms with E-state index in [9.17, 15) is 18.0 Å². The molecule has 0 aliphatic carbocycles. The number of hydrogen-bond acceptors (Lipinski definition) is 2. The van der Waals surface area contributed by atoms with Crippen LogP contribution in [0.1, 0.15) is 16.1 Å². The number of nitrogens with two attached hydrogens (primary N) is 1. The molecule has 1 aromatic heterocycles. The minimum absolute atomic E-state index is 0.0375. The van der Waals surface area contributed by atoms with E-state index in [-0.39, 0.29) is 10.7 Å². The van der Waals surface area contributed by atoms with Crippen LogP contribution in [0.4, 0.5) is 24.5 Å². The first kappa shape index (κ1) is 14.3. The summed E-state index contributed by atoms with van der Waals surface area (Å²) < 4.78 is 38.5. The van der Waals surface area contributed by atoms with Gasteiger partial charge in [0.2, 0.25) is 0 Å². The second-order valence-electron chi connectivity index (χ2n) is 3.96. The first-order valence-corrected chi connectivity index (χ1v) is 5.78. The van der Waals surface area contributed by atoms with E-state index in [2.05, 4.69) is 10.3 Å². The van der Waals surface area contributed by atoms with Crippen molar-refractivity contribution in [2.75, 3.05) is 11.1 Å². The first-order chi connectivity index (χ1) is 9.29. The predicted octanol–water partition coefficient (Wildman–Crippen LogP) is 3.52. The summed E-state index contributed by atoms with van der Waals surface area (Å²) in [7, 11) is 0. The second-order valence-corrected chi connectivity index (χ2v) is 4.37. The van der Waals surface area contributed by atoms with Gasteiger partial charge in [-0.2, -0.15) is 13.2 Å². The van der Waals surface area contributed by atoms with E-state index in [0.717, 1.165) is 12.1 Å². The SMILES string of the molecule is Nc1c[nH]c(C(=O)Nc2c(Cl)cccc2C(F)(F)F)c1. The number of nitrogen functional groups attached to an aromatic ring is 1. The summed E-state index contributed by atoms with van der Waals surface area (Å²) in [5, 5.41) is 1.94. The average Bonchev–Trinajstić information content (AvgIpc) is 2.77. The summed E-state index contributed by atoms with van der Waals surface area (Å²) >= 11 is 5.72. The highest BCUT2D eigenvalue weighted by Crippen LogP contribution is 2.38. The molecule has 1 heterocycles. The van der Waals surface area contributed by atoms with Crippen molar-refractivity contribution in [3.8, 4) is 0 Å². The van der Waals surface area contributed by atoms with E-state index >= 15 is 0 Å². The summed E-state index contributed by atoms with van der Waals surface area (Å²) in [6.07, 6.45) is -3.27. The molecular weight excluding hydrogens is 295 g/mol. The molecule has 0 saturated carbocycles. The normalized spacial score (nSPS) is 11.4. The van der Waals surface area contributed by atoms with Crippen molar-refractivity contribution in [1.29, 1.82) is 0 Å². The summed E-state index contributed by atoms with van der Waals surface area (Å²) in [5.74, 6) is -0.764. The predicted molar refractivity (Wildman–Crippen MR) is 69.6 cm³/mol. The Labute approximate surface area is 116 Å². The zero-order valence-electron chi connectivity index (χ0n) is 9.88. The molecule has 0 aliphatic rings. The van der Waals surface area contributed by atoms with Gasteiger partial charge in [0, 0.05) is 11.9 Å². The van der Waals surface area contributed by atoms with Crippen molar-refractivity contribution >= 4 is 28.9 Å². The molecule has 4 nitrogen and oxygen atoms in total. The zero-order chi connectivity index (χ0) is 14.9. The monoisotopic (exact) mass is 303 g/mol. The van der Waals surface area contributed by atoms with Gasteiger partial charge in [-0.15, -0.1) is 0 Å². The zero-order valence-corrected chi connectivity index (χ0v) is 10.6. The summed E-state index contributed by atoms with van der Waals surface area (Å²) in [4.78, 5) is 14.4. The third-order valence-corrected chi connectivity index (χ3v) is 2.82. The maximum Gasteiger partial charge on any atom is 0.418 e. The number of benzene rings is 1. The largest absolute Gasteiger partial charge is 0.418 e. The van der Waals surface area contributed by atoms with Crippen LogP contribution in [0.15, 0.2) is 30.5 Å². The molecule has 20 heavy (non-hydrogen) atoms. The van der Waals surface area contributed by atoms with Gasteiger partial charge in [0.25, 0.3) is 5.91 Å². The van der Waals surface area contributed by atoms with Crippen LogP contribution >= 0.6 is 11.6 Å². The van der Waals surface area contributed by atoms with E-state index in [1.165, 1.54) is 18.3 Å². The van der Waals surface area contributed by atoms with Crippen molar-refractivity contribution in [1.82, 2.24) is 4.98 Å². The van der Waals surface area contributed by atoms with E-state index in [0.29, 0.717) is 5.69 Å². The Morgan fingerprint density at radius 2 is 2.05 bits per heavy atom. The van der Waals surface area contributed by atoms with Crippen molar-refractivity contribution in [2.45, 2.75) is 6.18 Å². The molecule has 0 aliphatic heterocycles. The molecule has 0 bridgehead atoms. The number of aromatic amines is 1. The molecule has 1 amide bonds. The van der Waals surface area contributed by atoms with E-state index in [4.69, 9.17) is 17.3 Å². The molecule has 0 radical (unpaired) electrons. The number of halogens is 4. The van der Waals surface area contributed by atoms with E-state index < -0.39 is 23.3 Å². The van der Waals surface area contributed by atoms with Crippen LogP contribution in [-0.4, -0.2) is 10.9 Å². The molecule has 4 N–H and O–H groups in total. The fraction of sp³-hybridized carbons (Fsp3) is 0.0833. The number of anilines is 2. The van der Waals surface area contributed by atoms with Gasteiger partial charge in [0.15, 0.2) is 0 Å². The second kappa shape index (κ2) is 5.09. The van der Waals surface area contributed by atoms with E-state index in [1.54, 1.807) is 0 Å². The molecule has 2 rings (SSSR count). The molecule has 106 valence electrons. The quantitative estimate of drug-likeness (QED) is 0.794. The van der Waals surface area contributed by atoms with Crippen LogP contribution in [0.25, 0.3) is 0 Å². The molecule has 0 atom stereocenters. The Bertz CT molecular complexity index is 652. The molecule has 0 fully saturated rings. The van der Waals surface area contributed by atoms with Gasteiger partial charge in [-0.3, -0.25) is 4.79 Å².